The van der Waals surface area contributed by atoms with Crippen LogP contribution in [0.5, 0.6) is 5.75 Å². The number of rotatable bonds is 1. The van der Waals surface area contributed by atoms with E-state index in [0.717, 1.165) is 11.3 Å². The van der Waals surface area contributed by atoms with E-state index in [1.54, 1.807) is 24.4 Å². The number of aromatic amines is 1. The van der Waals surface area contributed by atoms with Crippen LogP contribution in [0.25, 0.3) is 11.3 Å². The molecule has 2 aromatic rings. The van der Waals surface area contributed by atoms with E-state index in [1.807, 2.05) is 6.07 Å². The van der Waals surface area contributed by atoms with Crippen molar-refractivity contribution in [1.29, 1.82) is 0 Å². The lowest BCUT2D eigenvalue weighted by molar-refractivity contribution is 0.475. The molecule has 13 heavy (non-hydrogen) atoms. The first-order valence-electron chi connectivity index (χ1n) is 3.75. The quantitative estimate of drug-likeness (QED) is 0.803. The van der Waals surface area contributed by atoms with Gasteiger partial charge in [0.2, 0.25) is 0 Å². The molecule has 0 radical (unpaired) electrons. The van der Waals surface area contributed by atoms with E-state index in [9.17, 15) is 5.11 Å². The highest BCUT2D eigenvalue weighted by Gasteiger charge is 2.01. The smallest absolute Gasteiger partial charge is 0.174 e. The van der Waals surface area contributed by atoms with Crippen LogP contribution in [0.15, 0.2) is 35.2 Å². The van der Waals surface area contributed by atoms with Gasteiger partial charge < -0.3 is 10.1 Å². The summed E-state index contributed by atoms with van der Waals surface area (Å²) in [5.41, 5.74) is 1.79. The Kier molecular flexibility index (Phi) is 2.06. The second kappa shape index (κ2) is 3.22. The molecule has 66 valence electrons. The molecular formula is C9H7BrN2O. The number of H-pyrrole nitrogens is 1. The Labute approximate surface area is 83.6 Å². The van der Waals surface area contributed by atoms with E-state index in [4.69, 9.17) is 0 Å². The number of aromatic hydroxyl groups is 1. The standard InChI is InChI=1S/C9H7BrN2O/c10-9-11-5-8(12-9)6-2-1-3-7(13)4-6/h1-5,13H,(H,11,12). The maximum absolute atomic E-state index is 9.24. The van der Waals surface area contributed by atoms with Gasteiger partial charge in [-0.2, -0.15) is 0 Å². The fourth-order valence-corrected chi connectivity index (χ4v) is 1.43. The predicted octanol–water partition coefficient (Wildman–Crippen LogP) is 2.54. The fourth-order valence-electron chi connectivity index (χ4n) is 1.12. The first kappa shape index (κ1) is 8.31. The van der Waals surface area contributed by atoms with Gasteiger partial charge >= 0.3 is 0 Å². The predicted molar refractivity (Wildman–Crippen MR) is 53.4 cm³/mol. The van der Waals surface area contributed by atoms with Crippen molar-refractivity contribution in [2.75, 3.05) is 0 Å². The van der Waals surface area contributed by atoms with Gasteiger partial charge in [0.25, 0.3) is 0 Å². The van der Waals surface area contributed by atoms with Crippen LogP contribution in [0.3, 0.4) is 0 Å². The lowest BCUT2D eigenvalue weighted by Gasteiger charge is -1.96. The number of nitrogens with zero attached hydrogens (tertiary/aromatic N) is 1. The molecule has 0 aliphatic carbocycles. The average Bonchev–Trinajstić information content (AvgIpc) is 2.52. The molecule has 1 aromatic heterocycles. The number of nitrogens with one attached hydrogen (secondary N) is 1. The van der Waals surface area contributed by atoms with Gasteiger partial charge in [0.15, 0.2) is 4.73 Å². The Balaban J connectivity index is 2.46. The number of aromatic nitrogens is 2. The second-order valence-corrected chi connectivity index (χ2v) is 3.39. The van der Waals surface area contributed by atoms with Crippen molar-refractivity contribution in [2.45, 2.75) is 0 Å². The van der Waals surface area contributed by atoms with Gasteiger partial charge in [0.1, 0.15) is 5.75 Å². The summed E-state index contributed by atoms with van der Waals surface area (Å²) >= 11 is 3.22. The second-order valence-electron chi connectivity index (χ2n) is 2.64. The summed E-state index contributed by atoms with van der Waals surface area (Å²) in [6.45, 7) is 0. The van der Waals surface area contributed by atoms with E-state index in [0.29, 0.717) is 4.73 Å². The first-order valence-corrected chi connectivity index (χ1v) is 4.55. The van der Waals surface area contributed by atoms with Crippen LogP contribution in [-0.4, -0.2) is 15.1 Å². The van der Waals surface area contributed by atoms with Crippen LogP contribution in [0, 0.1) is 0 Å². The molecule has 0 bridgehead atoms. The van der Waals surface area contributed by atoms with Crippen LogP contribution in [0.4, 0.5) is 0 Å². The van der Waals surface area contributed by atoms with E-state index in [1.165, 1.54) is 0 Å². The summed E-state index contributed by atoms with van der Waals surface area (Å²) in [6, 6.07) is 7.01. The number of hydrogen-bond donors (Lipinski definition) is 2. The lowest BCUT2D eigenvalue weighted by atomic mass is 10.2. The third-order valence-corrected chi connectivity index (χ3v) is 2.10. The van der Waals surface area contributed by atoms with Crippen molar-refractivity contribution < 1.29 is 5.11 Å². The number of benzene rings is 1. The van der Waals surface area contributed by atoms with Crippen molar-refractivity contribution >= 4 is 15.9 Å². The molecular weight excluding hydrogens is 232 g/mol. The van der Waals surface area contributed by atoms with E-state index in [-0.39, 0.29) is 5.75 Å². The minimum absolute atomic E-state index is 0.253. The van der Waals surface area contributed by atoms with Gasteiger partial charge in [-0.05, 0) is 28.1 Å². The number of phenolic OH excluding ortho intramolecular Hbond substituents is 1. The Bertz CT molecular complexity index is 425. The number of imidazole rings is 1. The topological polar surface area (TPSA) is 48.9 Å². The van der Waals surface area contributed by atoms with Crippen LogP contribution in [-0.2, 0) is 0 Å². The highest BCUT2D eigenvalue weighted by Crippen LogP contribution is 2.22. The molecule has 4 heteroatoms. The normalized spacial score (nSPS) is 10.2. The van der Waals surface area contributed by atoms with E-state index in [2.05, 4.69) is 25.9 Å². The zero-order valence-electron chi connectivity index (χ0n) is 6.66. The number of phenols is 1. The zero-order valence-corrected chi connectivity index (χ0v) is 8.25. The van der Waals surface area contributed by atoms with Crippen molar-refractivity contribution in [3.05, 3.63) is 35.2 Å². The molecule has 1 heterocycles. The fraction of sp³-hybridized carbons (Fsp3) is 0. The Morgan fingerprint density at radius 1 is 1.38 bits per heavy atom. The average molecular weight is 239 g/mol. The molecule has 0 spiro atoms. The van der Waals surface area contributed by atoms with Gasteiger partial charge in [-0.3, -0.25) is 0 Å². The summed E-state index contributed by atoms with van der Waals surface area (Å²) < 4.78 is 0.686. The Hall–Kier alpha value is -1.29. The van der Waals surface area contributed by atoms with Gasteiger partial charge in [-0.25, -0.2) is 4.98 Å². The Morgan fingerprint density at radius 2 is 2.23 bits per heavy atom. The van der Waals surface area contributed by atoms with Gasteiger partial charge in [-0.1, -0.05) is 12.1 Å². The first-order chi connectivity index (χ1) is 6.25. The molecule has 0 aliphatic rings. The summed E-state index contributed by atoms with van der Waals surface area (Å²) in [7, 11) is 0. The number of hydrogen-bond acceptors (Lipinski definition) is 2. The summed E-state index contributed by atoms with van der Waals surface area (Å²) in [5, 5.41) is 9.24. The molecule has 0 saturated heterocycles. The molecule has 0 unspecified atom stereocenters. The molecule has 2 N–H and O–H groups in total. The van der Waals surface area contributed by atoms with Crippen LogP contribution in [0.2, 0.25) is 0 Å². The summed E-state index contributed by atoms with van der Waals surface area (Å²) in [6.07, 6.45) is 1.71. The molecule has 1 aromatic carbocycles. The minimum atomic E-state index is 0.253. The van der Waals surface area contributed by atoms with Crippen molar-refractivity contribution in [2.24, 2.45) is 0 Å². The van der Waals surface area contributed by atoms with Crippen molar-refractivity contribution in [3.8, 4) is 17.0 Å². The molecule has 0 fully saturated rings. The Morgan fingerprint density at radius 3 is 2.85 bits per heavy atom. The van der Waals surface area contributed by atoms with Crippen LogP contribution >= 0.6 is 15.9 Å². The molecule has 3 nitrogen and oxygen atoms in total. The monoisotopic (exact) mass is 238 g/mol. The zero-order chi connectivity index (χ0) is 9.26. The highest BCUT2D eigenvalue weighted by molar-refractivity contribution is 9.10. The van der Waals surface area contributed by atoms with Gasteiger partial charge in [0, 0.05) is 5.56 Å². The van der Waals surface area contributed by atoms with E-state index < -0.39 is 0 Å². The molecule has 0 amide bonds. The van der Waals surface area contributed by atoms with Gasteiger partial charge in [-0.15, -0.1) is 0 Å². The molecule has 0 aliphatic heterocycles. The third kappa shape index (κ3) is 1.72. The lowest BCUT2D eigenvalue weighted by Crippen LogP contribution is -1.75. The highest BCUT2D eigenvalue weighted by atomic mass is 79.9. The summed E-state index contributed by atoms with van der Waals surface area (Å²) in [5.74, 6) is 0.253. The van der Waals surface area contributed by atoms with E-state index >= 15 is 0 Å². The van der Waals surface area contributed by atoms with Crippen molar-refractivity contribution in [3.63, 3.8) is 0 Å². The maximum Gasteiger partial charge on any atom is 0.174 e. The van der Waals surface area contributed by atoms with Crippen LogP contribution < -0.4 is 0 Å². The van der Waals surface area contributed by atoms with Gasteiger partial charge in [0.05, 0.1) is 11.9 Å². The molecule has 0 atom stereocenters. The SMILES string of the molecule is Oc1cccc(-c2cnc(Br)[nH]2)c1. The summed E-state index contributed by atoms with van der Waals surface area (Å²) in [4.78, 5) is 7.02. The third-order valence-electron chi connectivity index (χ3n) is 1.70. The van der Waals surface area contributed by atoms with Crippen molar-refractivity contribution in [1.82, 2.24) is 9.97 Å². The molecule has 0 saturated carbocycles. The number of halogens is 1. The maximum atomic E-state index is 9.24. The van der Waals surface area contributed by atoms with Crippen LogP contribution in [0.1, 0.15) is 0 Å². The largest absolute Gasteiger partial charge is 0.508 e. The minimum Gasteiger partial charge on any atom is -0.508 e. The molecule has 2 rings (SSSR count).